The van der Waals surface area contributed by atoms with Crippen molar-refractivity contribution >= 4 is 12.0 Å². The molecule has 0 aliphatic carbocycles. The molecule has 0 heterocycles. The van der Waals surface area contributed by atoms with Crippen LogP contribution in [0.4, 0.5) is 4.79 Å². The van der Waals surface area contributed by atoms with Gasteiger partial charge < -0.3 is 25.6 Å². The average molecular weight is 262 g/mol. The molecule has 0 aromatic carbocycles. The van der Waals surface area contributed by atoms with Gasteiger partial charge in [0.2, 0.25) is 0 Å². The maximum atomic E-state index is 11.6. The molecule has 0 bridgehead atoms. The topological polar surface area (TPSA) is 108 Å². The molecule has 0 aromatic heterocycles. The monoisotopic (exact) mass is 262 g/mol. The first-order valence-electron chi connectivity index (χ1n) is 5.76. The minimum Gasteiger partial charge on any atom is -0.480 e. The van der Waals surface area contributed by atoms with Crippen LogP contribution >= 0.6 is 0 Å². The molecule has 1 unspecified atom stereocenters. The van der Waals surface area contributed by atoms with E-state index < -0.39 is 24.1 Å². The zero-order valence-corrected chi connectivity index (χ0v) is 11.1. The van der Waals surface area contributed by atoms with E-state index in [4.69, 9.17) is 9.84 Å². The molecular formula is C11H22N2O5. The van der Waals surface area contributed by atoms with Gasteiger partial charge in [-0.1, -0.05) is 13.8 Å². The van der Waals surface area contributed by atoms with Gasteiger partial charge >= 0.3 is 12.0 Å². The number of ether oxygens (including phenoxy) is 1. The SMILES string of the molecule is COCC(NC(=O)N[C@H](C(=O)O)[C@@H](C)O)C(C)C. The molecule has 0 fully saturated rings. The van der Waals surface area contributed by atoms with Crippen molar-refractivity contribution in [3.05, 3.63) is 0 Å². The predicted octanol–water partition coefficient (Wildman–Crippen LogP) is -0.209. The first-order valence-corrected chi connectivity index (χ1v) is 5.76. The Morgan fingerprint density at radius 2 is 1.78 bits per heavy atom. The summed E-state index contributed by atoms with van der Waals surface area (Å²) in [4.78, 5) is 22.4. The van der Waals surface area contributed by atoms with Crippen LogP contribution < -0.4 is 10.6 Å². The summed E-state index contributed by atoms with van der Waals surface area (Å²) in [5, 5.41) is 22.9. The second-order valence-electron chi connectivity index (χ2n) is 4.48. The van der Waals surface area contributed by atoms with Crippen molar-refractivity contribution in [3.8, 4) is 0 Å². The van der Waals surface area contributed by atoms with Gasteiger partial charge in [0.1, 0.15) is 0 Å². The number of aliphatic hydroxyl groups is 1. The number of aliphatic carboxylic acids is 1. The third-order valence-electron chi connectivity index (χ3n) is 2.50. The van der Waals surface area contributed by atoms with E-state index in [1.807, 2.05) is 13.8 Å². The molecule has 7 nitrogen and oxygen atoms in total. The number of nitrogens with one attached hydrogen (secondary N) is 2. The summed E-state index contributed by atoms with van der Waals surface area (Å²) in [7, 11) is 1.52. The lowest BCUT2D eigenvalue weighted by atomic mass is 10.1. The molecule has 0 saturated carbocycles. The second-order valence-corrected chi connectivity index (χ2v) is 4.48. The molecule has 0 aliphatic heterocycles. The lowest BCUT2D eigenvalue weighted by molar-refractivity contribution is -0.141. The van der Waals surface area contributed by atoms with Gasteiger partial charge in [-0.2, -0.15) is 0 Å². The van der Waals surface area contributed by atoms with E-state index in [0.717, 1.165) is 0 Å². The summed E-state index contributed by atoms with van der Waals surface area (Å²) in [6, 6.07) is -2.20. The molecule has 106 valence electrons. The number of carboxylic acid groups (broad SMARTS) is 1. The number of methoxy groups -OCH3 is 1. The largest absolute Gasteiger partial charge is 0.480 e. The molecule has 4 N–H and O–H groups in total. The van der Waals surface area contributed by atoms with E-state index in [2.05, 4.69) is 10.6 Å². The first-order chi connectivity index (χ1) is 8.29. The molecule has 3 atom stereocenters. The maximum Gasteiger partial charge on any atom is 0.328 e. The van der Waals surface area contributed by atoms with Crippen molar-refractivity contribution in [3.63, 3.8) is 0 Å². The summed E-state index contributed by atoms with van der Waals surface area (Å²) >= 11 is 0. The molecule has 2 amide bonds. The van der Waals surface area contributed by atoms with Crippen LogP contribution in [0, 0.1) is 5.92 Å². The Morgan fingerprint density at radius 1 is 1.22 bits per heavy atom. The van der Waals surface area contributed by atoms with Crippen LogP contribution in [0.1, 0.15) is 20.8 Å². The van der Waals surface area contributed by atoms with Crippen molar-refractivity contribution in [2.45, 2.75) is 39.0 Å². The van der Waals surface area contributed by atoms with E-state index in [1.54, 1.807) is 0 Å². The van der Waals surface area contributed by atoms with Gasteiger partial charge in [0, 0.05) is 7.11 Å². The van der Waals surface area contributed by atoms with Crippen LogP contribution in [-0.2, 0) is 9.53 Å². The van der Waals surface area contributed by atoms with Crippen molar-refractivity contribution in [1.82, 2.24) is 10.6 Å². The molecule has 0 aromatic rings. The van der Waals surface area contributed by atoms with E-state index in [1.165, 1.54) is 14.0 Å². The van der Waals surface area contributed by atoms with Gasteiger partial charge in [-0.3, -0.25) is 0 Å². The highest BCUT2D eigenvalue weighted by molar-refractivity contribution is 5.83. The fourth-order valence-electron chi connectivity index (χ4n) is 1.32. The van der Waals surface area contributed by atoms with Crippen LogP contribution in [0.25, 0.3) is 0 Å². The fraction of sp³-hybridized carbons (Fsp3) is 0.818. The van der Waals surface area contributed by atoms with Crippen molar-refractivity contribution in [2.24, 2.45) is 5.92 Å². The smallest absolute Gasteiger partial charge is 0.328 e. The van der Waals surface area contributed by atoms with Gasteiger partial charge in [-0.15, -0.1) is 0 Å². The van der Waals surface area contributed by atoms with E-state index in [0.29, 0.717) is 6.61 Å². The van der Waals surface area contributed by atoms with Crippen LogP contribution in [0.3, 0.4) is 0 Å². The van der Waals surface area contributed by atoms with E-state index in [9.17, 15) is 14.7 Å². The molecule has 0 rings (SSSR count). The van der Waals surface area contributed by atoms with Crippen LogP contribution in [0.5, 0.6) is 0 Å². The number of aliphatic hydroxyl groups excluding tert-OH is 1. The highest BCUT2D eigenvalue weighted by Crippen LogP contribution is 2.02. The van der Waals surface area contributed by atoms with Crippen LogP contribution in [0.15, 0.2) is 0 Å². The van der Waals surface area contributed by atoms with Gasteiger partial charge in [-0.25, -0.2) is 9.59 Å². The zero-order valence-electron chi connectivity index (χ0n) is 11.1. The number of carbonyl (C=O) groups excluding carboxylic acids is 1. The van der Waals surface area contributed by atoms with Gasteiger partial charge in [-0.05, 0) is 12.8 Å². The third kappa shape index (κ3) is 5.83. The zero-order chi connectivity index (χ0) is 14.3. The Bertz CT molecular complexity index is 281. The Morgan fingerprint density at radius 3 is 2.11 bits per heavy atom. The molecule has 0 saturated heterocycles. The molecule has 0 aliphatic rings. The number of urea groups is 1. The molecule has 7 heteroatoms. The first kappa shape index (κ1) is 16.7. The fourth-order valence-corrected chi connectivity index (χ4v) is 1.32. The Labute approximate surface area is 107 Å². The minimum atomic E-state index is -1.33. The summed E-state index contributed by atoms with van der Waals surface area (Å²) in [5.41, 5.74) is 0. The third-order valence-corrected chi connectivity index (χ3v) is 2.50. The lowest BCUT2D eigenvalue weighted by Gasteiger charge is -2.24. The number of rotatable bonds is 7. The summed E-state index contributed by atoms with van der Waals surface area (Å²) in [6.07, 6.45) is -1.17. The van der Waals surface area contributed by atoms with E-state index >= 15 is 0 Å². The van der Waals surface area contributed by atoms with Crippen molar-refractivity contribution in [1.29, 1.82) is 0 Å². The van der Waals surface area contributed by atoms with Crippen molar-refractivity contribution in [2.75, 3.05) is 13.7 Å². The second kappa shape index (κ2) is 7.88. The van der Waals surface area contributed by atoms with Gasteiger partial charge in [0.15, 0.2) is 6.04 Å². The average Bonchev–Trinajstić information content (AvgIpc) is 2.24. The molecular weight excluding hydrogens is 240 g/mol. The van der Waals surface area contributed by atoms with Gasteiger partial charge in [0.25, 0.3) is 0 Å². The molecule has 0 radical (unpaired) electrons. The molecule has 0 spiro atoms. The highest BCUT2D eigenvalue weighted by atomic mass is 16.5. The van der Waals surface area contributed by atoms with Crippen LogP contribution in [0.2, 0.25) is 0 Å². The Hall–Kier alpha value is -1.34. The minimum absolute atomic E-state index is 0.144. The van der Waals surface area contributed by atoms with Crippen LogP contribution in [-0.4, -0.2) is 54.1 Å². The summed E-state index contributed by atoms with van der Waals surface area (Å²) in [5.74, 6) is -1.14. The maximum absolute atomic E-state index is 11.6. The number of hydrogen-bond acceptors (Lipinski definition) is 4. The quantitative estimate of drug-likeness (QED) is 0.508. The standard InChI is InChI=1S/C11H22N2O5/c1-6(2)8(5-18-4)12-11(17)13-9(7(3)14)10(15)16/h6-9,14H,5H2,1-4H3,(H,15,16)(H2,12,13,17)/t7-,8?,9+/m1/s1. The summed E-state index contributed by atoms with van der Waals surface area (Å²) in [6.45, 7) is 5.45. The number of hydrogen-bond donors (Lipinski definition) is 4. The lowest BCUT2D eigenvalue weighted by Crippen LogP contribution is -2.54. The number of carbonyl (C=O) groups is 2. The highest BCUT2D eigenvalue weighted by Gasteiger charge is 2.26. The number of amides is 2. The predicted molar refractivity (Wildman–Crippen MR) is 65.3 cm³/mol. The normalized spacial score (nSPS) is 15.9. The number of carboxylic acids is 1. The molecule has 18 heavy (non-hydrogen) atoms. The van der Waals surface area contributed by atoms with Gasteiger partial charge in [0.05, 0.1) is 18.8 Å². The summed E-state index contributed by atoms with van der Waals surface area (Å²) < 4.78 is 4.96. The Balaban J connectivity index is 4.42. The Kier molecular flexibility index (Phi) is 7.30. The van der Waals surface area contributed by atoms with Crippen molar-refractivity contribution < 1.29 is 24.5 Å². The van der Waals surface area contributed by atoms with E-state index in [-0.39, 0.29) is 12.0 Å².